The van der Waals surface area contributed by atoms with Crippen molar-refractivity contribution in [3.8, 4) is 0 Å². The standard InChI is InChI=1S/C8H10.C8H18.C3H6O.2C2H6/c1-7-4-3-5-8(2)6-7;1-4-6-8(3)7-5-2;1-3(2)4;2*1-2/h3-6H,1-2H3;8H,4-7H2,1-3H3;1-2H3;2*1-2H3. The summed E-state index contributed by atoms with van der Waals surface area (Å²) in [4.78, 5) is 9.44. The Bertz CT molecular complexity index is 314. The van der Waals surface area contributed by atoms with Gasteiger partial charge in [-0.25, -0.2) is 0 Å². The van der Waals surface area contributed by atoms with E-state index in [0.29, 0.717) is 0 Å². The lowest BCUT2D eigenvalue weighted by Crippen LogP contribution is -1.91. The van der Waals surface area contributed by atoms with Crippen LogP contribution in [0.3, 0.4) is 0 Å². The second kappa shape index (κ2) is 26.8. The van der Waals surface area contributed by atoms with Gasteiger partial charge in [0.25, 0.3) is 0 Å². The van der Waals surface area contributed by atoms with E-state index in [9.17, 15) is 4.79 Å². The molecule has 0 fully saturated rings. The zero-order chi connectivity index (χ0) is 20.0. The van der Waals surface area contributed by atoms with Gasteiger partial charge in [0.15, 0.2) is 0 Å². The smallest absolute Gasteiger partial charge is 0.126 e. The van der Waals surface area contributed by atoms with Crippen molar-refractivity contribution in [1.29, 1.82) is 0 Å². The molecule has 1 rings (SSSR count). The zero-order valence-corrected chi connectivity index (χ0v) is 18.6. The summed E-state index contributed by atoms with van der Waals surface area (Å²) in [6, 6.07) is 8.45. The van der Waals surface area contributed by atoms with E-state index in [1.807, 2.05) is 27.7 Å². The van der Waals surface area contributed by atoms with Crippen molar-refractivity contribution in [3.63, 3.8) is 0 Å². The van der Waals surface area contributed by atoms with Gasteiger partial charge in [-0.3, -0.25) is 0 Å². The minimum atomic E-state index is 0.167. The summed E-state index contributed by atoms with van der Waals surface area (Å²) in [5, 5.41) is 0. The lowest BCUT2D eigenvalue weighted by atomic mass is 10.0. The van der Waals surface area contributed by atoms with Gasteiger partial charge in [0.1, 0.15) is 5.78 Å². The van der Waals surface area contributed by atoms with Crippen LogP contribution in [-0.4, -0.2) is 5.78 Å². The van der Waals surface area contributed by atoms with Gasteiger partial charge in [-0.2, -0.15) is 0 Å². The van der Waals surface area contributed by atoms with E-state index in [-0.39, 0.29) is 5.78 Å². The molecule has 1 heteroatoms. The molecule has 0 saturated heterocycles. The second-order valence-corrected chi connectivity index (χ2v) is 5.75. The van der Waals surface area contributed by atoms with Crippen molar-refractivity contribution in [1.82, 2.24) is 0 Å². The Morgan fingerprint density at radius 2 is 1.17 bits per heavy atom. The first-order valence-corrected chi connectivity index (χ1v) is 9.83. The first kappa shape index (κ1) is 30.7. The van der Waals surface area contributed by atoms with Crippen LogP contribution in [0.5, 0.6) is 0 Å². The average Bonchev–Trinajstić information content (AvgIpc) is 2.52. The van der Waals surface area contributed by atoms with E-state index in [0.717, 1.165) is 5.92 Å². The maximum atomic E-state index is 9.44. The molecule has 1 nitrogen and oxygen atoms in total. The fourth-order valence-electron chi connectivity index (χ4n) is 1.94. The fourth-order valence-corrected chi connectivity index (χ4v) is 1.94. The molecule has 0 unspecified atom stereocenters. The van der Waals surface area contributed by atoms with Crippen molar-refractivity contribution in [2.75, 3.05) is 0 Å². The summed E-state index contributed by atoms with van der Waals surface area (Å²) in [6.45, 7) is 22.1. The summed E-state index contributed by atoms with van der Waals surface area (Å²) < 4.78 is 0. The lowest BCUT2D eigenvalue weighted by Gasteiger charge is -2.05. The number of benzene rings is 1. The SMILES string of the molecule is CC.CC.CC(C)=O.CCCC(C)CCC.Cc1cccc(C)c1. The van der Waals surface area contributed by atoms with Gasteiger partial charge in [-0.15, -0.1) is 0 Å². The van der Waals surface area contributed by atoms with Crippen LogP contribution in [0.1, 0.15) is 99.1 Å². The van der Waals surface area contributed by atoms with Gasteiger partial charge < -0.3 is 4.79 Å². The number of hydrogen-bond acceptors (Lipinski definition) is 1. The van der Waals surface area contributed by atoms with Gasteiger partial charge in [-0.1, -0.05) is 110 Å². The van der Waals surface area contributed by atoms with Gasteiger partial charge in [0, 0.05) is 0 Å². The Hall–Kier alpha value is -1.11. The van der Waals surface area contributed by atoms with Gasteiger partial charge >= 0.3 is 0 Å². The molecule has 0 saturated carbocycles. The molecule has 0 atom stereocenters. The van der Waals surface area contributed by atoms with E-state index in [1.54, 1.807) is 0 Å². The second-order valence-electron chi connectivity index (χ2n) is 5.75. The maximum Gasteiger partial charge on any atom is 0.126 e. The van der Waals surface area contributed by atoms with Crippen molar-refractivity contribution in [2.45, 2.75) is 102 Å². The molecule has 0 aliphatic rings. The predicted molar refractivity (Wildman–Crippen MR) is 114 cm³/mol. The van der Waals surface area contributed by atoms with E-state index < -0.39 is 0 Å². The number of carbonyl (C=O) groups is 1. The van der Waals surface area contributed by atoms with Crippen LogP contribution in [0, 0.1) is 19.8 Å². The van der Waals surface area contributed by atoms with Crippen LogP contribution in [0.15, 0.2) is 24.3 Å². The first-order valence-electron chi connectivity index (χ1n) is 9.83. The van der Waals surface area contributed by atoms with E-state index in [4.69, 9.17) is 0 Å². The monoisotopic (exact) mass is 338 g/mol. The van der Waals surface area contributed by atoms with Gasteiger partial charge in [0.05, 0.1) is 0 Å². The molecule has 24 heavy (non-hydrogen) atoms. The Labute approximate surface area is 154 Å². The summed E-state index contributed by atoms with van der Waals surface area (Å²) in [6.07, 6.45) is 5.52. The minimum Gasteiger partial charge on any atom is -0.300 e. The Morgan fingerprint density at radius 1 is 0.875 bits per heavy atom. The van der Waals surface area contributed by atoms with Crippen molar-refractivity contribution in [3.05, 3.63) is 35.4 Å². The van der Waals surface area contributed by atoms with Gasteiger partial charge in [0.2, 0.25) is 0 Å². The minimum absolute atomic E-state index is 0.167. The Kier molecular flexibility index (Phi) is 34.3. The molecule has 0 aliphatic carbocycles. The summed E-state index contributed by atoms with van der Waals surface area (Å²) in [7, 11) is 0. The topological polar surface area (TPSA) is 17.1 Å². The zero-order valence-electron chi connectivity index (χ0n) is 18.6. The van der Waals surface area contributed by atoms with Crippen LogP contribution in [0.2, 0.25) is 0 Å². The molecular formula is C23H46O. The number of carbonyl (C=O) groups excluding carboxylic acids is 1. The van der Waals surface area contributed by atoms with Crippen LogP contribution in [0.25, 0.3) is 0 Å². The Balaban J connectivity index is -0.000000118. The highest BCUT2D eigenvalue weighted by molar-refractivity contribution is 5.72. The van der Waals surface area contributed by atoms with Crippen molar-refractivity contribution in [2.24, 2.45) is 5.92 Å². The third-order valence-electron chi connectivity index (χ3n) is 2.74. The molecule has 1 aromatic carbocycles. The number of rotatable bonds is 4. The summed E-state index contributed by atoms with van der Waals surface area (Å²) >= 11 is 0. The molecular weight excluding hydrogens is 292 g/mol. The largest absolute Gasteiger partial charge is 0.300 e. The molecule has 144 valence electrons. The molecule has 0 aromatic heterocycles. The molecule has 0 spiro atoms. The van der Waals surface area contributed by atoms with Crippen LogP contribution in [-0.2, 0) is 4.79 Å². The quantitative estimate of drug-likeness (QED) is 0.541. The van der Waals surface area contributed by atoms with Gasteiger partial charge in [-0.05, 0) is 33.6 Å². The number of Topliss-reactive ketones (excluding diaryl/α,β-unsaturated/α-hetero) is 1. The van der Waals surface area contributed by atoms with E-state index >= 15 is 0 Å². The average molecular weight is 339 g/mol. The highest BCUT2D eigenvalue weighted by Crippen LogP contribution is 2.10. The Morgan fingerprint density at radius 3 is 1.33 bits per heavy atom. The molecule has 0 heterocycles. The highest BCUT2D eigenvalue weighted by atomic mass is 16.1. The molecule has 0 amide bonds. The number of ketones is 1. The third kappa shape index (κ3) is 37.3. The van der Waals surface area contributed by atoms with Crippen molar-refractivity contribution < 1.29 is 4.79 Å². The molecule has 1 aromatic rings. The molecule has 0 N–H and O–H groups in total. The normalized spacial score (nSPS) is 8.17. The first-order chi connectivity index (χ1) is 11.3. The van der Waals surface area contributed by atoms with Crippen molar-refractivity contribution >= 4 is 5.78 Å². The number of aryl methyl sites for hydroxylation is 2. The van der Waals surface area contributed by atoms with E-state index in [1.165, 1.54) is 50.7 Å². The fraction of sp³-hybridized carbons (Fsp3) is 0.696. The third-order valence-corrected chi connectivity index (χ3v) is 2.74. The molecule has 0 radical (unpaired) electrons. The molecule has 0 bridgehead atoms. The predicted octanol–water partition coefficient (Wildman–Crippen LogP) is 8.17. The lowest BCUT2D eigenvalue weighted by molar-refractivity contribution is -0.114. The molecule has 0 aliphatic heterocycles. The highest BCUT2D eigenvalue weighted by Gasteiger charge is 1.95. The summed E-state index contributed by atoms with van der Waals surface area (Å²) in [5.74, 6) is 1.13. The van der Waals surface area contributed by atoms with Crippen LogP contribution >= 0.6 is 0 Å². The van der Waals surface area contributed by atoms with E-state index in [2.05, 4.69) is 58.9 Å². The van der Waals surface area contributed by atoms with Crippen LogP contribution < -0.4 is 0 Å². The van der Waals surface area contributed by atoms with Crippen LogP contribution in [0.4, 0.5) is 0 Å². The maximum absolute atomic E-state index is 9.44. The number of hydrogen-bond donors (Lipinski definition) is 0. The summed E-state index contributed by atoms with van der Waals surface area (Å²) in [5.41, 5.74) is 2.68.